The van der Waals surface area contributed by atoms with Crippen molar-refractivity contribution in [3.05, 3.63) is 0 Å². The number of carbonyl (C=O) groups excluding carboxylic acids is 10. The lowest BCUT2D eigenvalue weighted by Gasteiger charge is -2.37. The number of aliphatic hydroxyl groups is 5. The molecular formula is C56H105N11O15. The van der Waals surface area contributed by atoms with E-state index in [9.17, 15) is 73.5 Å². The number of aliphatic hydroxyl groups excluding tert-OH is 5. The third kappa shape index (κ3) is 27.7. The molecule has 10 unspecified atom stereocenters. The van der Waals surface area contributed by atoms with Crippen LogP contribution < -0.4 is 5.73 Å². The summed E-state index contributed by atoms with van der Waals surface area (Å²) in [5.41, 5.74) is 5.41. The van der Waals surface area contributed by atoms with Gasteiger partial charge in [0.1, 0.15) is 26.2 Å². The van der Waals surface area contributed by atoms with Gasteiger partial charge < -0.3 is 75.4 Å². The maximum atomic E-state index is 14.5. The molecular weight excluding hydrogens is 1070 g/mol. The fraction of sp³-hybridized carbons (Fsp3) is 0.821. The van der Waals surface area contributed by atoms with E-state index < -0.39 is 160 Å². The molecule has 0 radical (unpaired) electrons. The van der Waals surface area contributed by atoms with E-state index >= 15 is 0 Å². The minimum absolute atomic E-state index is 0.0697. The molecule has 0 aromatic heterocycles. The molecule has 26 heteroatoms. The Morgan fingerprint density at radius 1 is 0.293 bits per heavy atom. The first-order valence-corrected chi connectivity index (χ1v) is 29.0. The van der Waals surface area contributed by atoms with E-state index in [-0.39, 0.29) is 57.8 Å². The number of nitrogens with zero attached hydrogens (tertiary/aromatic N) is 10. The number of rotatable bonds is 40. The van der Waals surface area contributed by atoms with Crippen molar-refractivity contribution < 1.29 is 73.5 Å². The number of hydrogen-bond acceptors (Lipinski definition) is 16. The van der Waals surface area contributed by atoms with Gasteiger partial charge in [0.2, 0.25) is 59.1 Å². The van der Waals surface area contributed by atoms with Crippen molar-refractivity contribution in [2.24, 2.45) is 5.73 Å². The van der Waals surface area contributed by atoms with Crippen LogP contribution in [-0.4, -0.2) is 300 Å². The van der Waals surface area contributed by atoms with Crippen molar-refractivity contribution in [2.75, 3.05) is 105 Å². The molecule has 7 N–H and O–H groups in total. The number of amides is 10. The summed E-state index contributed by atoms with van der Waals surface area (Å²) in [6, 6.07) is -2.51. The van der Waals surface area contributed by atoms with Crippen molar-refractivity contribution in [1.82, 2.24) is 49.0 Å². The summed E-state index contributed by atoms with van der Waals surface area (Å²) in [5, 5.41) is 51.9. The lowest BCUT2D eigenvalue weighted by atomic mass is 10.1. The van der Waals surface area contributed by atoms with E-state index in [2.05, 4.69) is 0 Å². The van der Waals surface area contributed by atoms with Crippen LogP contribution in [0.25, 0.3) is 0 Å². The molecule has 474 valence electrons. The van der Waals surface area contributed by atoms with Crippen LogP contribution in [0.2, 0.25) is 0 Å². The van der Waals surface area contributed by atoms with Crippen molar-refractivity contribution in [1.29, 1.82) is 0 Å². The summed E-state index contributed by atoms with van der Waals surface area (Å²) in [6.45, 7) is 18.5. The fourth-order valence-corrected chi connectivity index (χ4v) is 8.85. The summed E-state index contributed by atoms with van der Waals surface area (Å²) in [7, 11) is 1.68. The molecule has 0 saturated heterocycles. The van der Waals surface area contributed by atoms with Crippen LogP contribution in [0.5, 0.6) is 0 Å². The maximum Gasteiger partial charge on any atom is 0.242 e. The Kier molecular flexibility index (Phi) is 35.8. The molecule has 0 spiro atoms. The first-order valence-electron chi connectivity index (χ1n) is 29.0. The maximum absolute atomic E-state index is 14.5. The van der Waals surface area contributed by atoms with Gasteiger partial charge in [-0.25, -0.2) is 0 Å². The Balaban J connectivity index is 6.89. The van der Waals surface area contributed by atoms with Gasteiger partial charge in [0.05, 0.1) is 69.8 Å². The molecule has 82 heavy (non-hydrogen) atoms. The van der Waals surface area contributed by atoms with Gasteiger partial charge in [-0.05, 0) is 108 Å². The number of primary amides is 1. The smallest absolute Gasteiger partial charge is 0.242 e. The first-order chi connectivity index (χ1) is 38.1. The highest BCUT2D eigenvalue weighted by atomic mass is 16.3. The Morgan fingerprint density at radius 3 is 0.695 bits per heavy atom. The molecule has 0 bridgehead atoms. The largest absolute Gasteiger partial charge is 0.392 e. The predicted octanol–water partition coefficient (Wildman–Crippen LogP) is -1.24. The minimum Gasteiger partial charge on any atom is -0.392 e. The van der Waals surface area contributed by atoms with Gasteiger partial charge in [0, 0.05) is 62.9 Å². The van der Waals surface area contributed by atoms with E-state index in [1.807, 2.05) is 13.8 Å². The normalized spacial score (nSPS) is 15.0. The van der Waals surface area contributed by atoms with Gasteiger partial charge in [-0.2, -0.15) is 0 Å². The topological polar surface area (TPSA) is 330 Å². The number of carbonyl (C=O) groups is 10. The second kappa shape index (κ2) is 38.3. The van der Waals surface area contributed by atoms with Crippen molar-refractivity contribution >= 4 is 59.1 Å². The van der Waals surface area contributed by atoms with Gasteiger partial charge >= 0.3 is 0 Å². The molecule has 0 aromatic rings. The third-order valence-corrected chi connectivity index (χ3v) is 14.4. The second-order valence-electron chi connectivity index (χ2n) is 22.4. The zero-order valence-electron chi connectivity index (χ0n) is 52.3. The van der Waals surface area contributed by atoms with Crippen LogP contribution in [0.4, 0.5) is 0 Å². The number of nitrogens with two attached hydrogens (primary N) is 1. The summed E-state index contributed by atoms with van der Waals surface area (Å²) < 4.78 is 0. The molecule has 0 rings (SSSR count). The Hall–Kier alpha value is -5.54. The monoisotopic (exact) mass is 1170 g/mol. The van der Waals surface area contributed by atoms with Gasteiger partial charge in [-0.15, -0.1) is 0 Å². The second-order valence-corrected chi connectivity index (χ2v) is 22.4. The zero-order valence-corrected chi connectivity index (χ0v) is 52.3. The summed E-state index contributed by atoms with van der Waals surface area (Å²) >= 11 is 0. The Bertz CT molecular complexity index is 2050. The Morgan fingerprint density at radius 2 is 0.476 bits per heavy atom. The molecule has 0 aliphatic heterocycles. The highest BCUT2D eigenvalue weighted by molar-refractivity contribution is 5.94. The van der Waals surface area contributed by atoms with Crippen LogP contribution in [0.15, 0.2) is 0 Å². The quantitative estimate of drug-likeness (QED) is 0.0418. The Labute approximate surface area is 487 Å². The fourth-order valence-electron chi connectivity index (χ4n) is 8.85. The highest BCUT2D eigenvalue weighted by Gasteiger charge is 2.35. The van der Waals surface area contributed by atoms with Gasteiger partial charge in [-0.1, -0.05) is 34.6 Å². The first kappa shape index (κ1) is 76.5. The highest BCUT2D eigenvalue weighted by Crippen LogP contribution is 2.16. The molecule has 26 nitrogen and oxygen atoms in total. The molecule has 10 atom stereocenters. The van der Waals surface area contributed by atoms with Crippen LogP contribution in [-0.2, 0) is 47.9 Å². The van der Waals surface area contributed by atoms with Crippen molar-refractivity contribution in [3.8, 4) is 0 Å². The number of hydrogen-bond donors (Lipinski definition) is 6. The average Bonchev–Trinajstić information content (AvgIpc) is 3.50. The van der Waals surface area contributed by atoms with Crippen LogP contribution in [0, 0.1) is 0 Å². The molecule has 0 aliphatic rings. The van der Waals surface area contributed by atoms with E-state index in [4.69, 9.17) is 5.73 Å². The third-order valence-electron chi connectivity index (χ3n) is 14.4. The van der Waals surface area contributed by atoms with Crippen molar-refractivity contribution in [3.63, 3.8) is 0 Å². The molecule has 0 aromatic carbocycles. The van der Waals surface area contributed by atoms with Crippen LogP contribution in [0.1, 0.15) is 136 Å². The van der Waals surface area contributed by atoms with Crippen LogP contribution in [0.3, 0.4) is 0 Å². The summed E-state index contributed by atoms with van der Waals surface area (Å²) in [6.07, 6.45) is -3.20. The molecule has 10 amide bonds. The predicted molar refractivity (Wildman–Crippen MR) is 309 cm³/mol. The van der Waals surface area contributed by atoms with Gasteiger partial charge in [0.15, 0.2) is 0 Å². The zero-order chi connectivity index (χ0) is 63.5. The molecule has 0 fully saturated rings. The van der Waals surface area contributed by atoms with Crippen molar-refractivity contribution in [2.45, 2.75) is 197 Å². The lowest BCUT2D eigenvalue weighted by molar-refractivity contribution is -0.152. The van der Waals surface area contributed by atoms with Gasteiger partial charge in [0.25, 0.3) is 0 Å². The van der Waals surface area contributed by atoms with Gasteiger partial charge in [-0.3, -0.25) is 52.8 Å². The molecule has 0 saturated carbocycles. The van der Waals surface area contributed by atoms with E-state index in [0.717, 1.165) is 19.6 Å². The van der Waals surface area contributed by atoms with E-state index in [0.29, 0.717) is 32.1 Å². The summed E-state index contributed by atoms with van der Waals surface area (Å²) in [5.74, 6) is -6.73. The number of likely N-dealkylation sites (N-methyl/N-ethyl adjacent to an activating group) is 1. The standard InChI is InChI=1S/C56H105N11O15/c1-17-37(6)63(27-47(57)73)53(79)31-61(25-45(14)71)48(74)29-59(23-43(12)69)51(77)34-65(39(8)19-3)56(82)36-67(41(10)21-5)54(80)32-62(26-46(15)72)49(75)30-60(24-44(13)70)50(76)33-64(38(7)18-2)55(81)35-66(40(9)20-4)52(78)28-58(16)22-42(11)68/h37-46,68-72H,17-36H2,1-16H3,(H2,57,73). The molecule has 0 aliphatic carbocycles. The van der Waals surface area contributed by atoms with Crippen LogP contribution >= 0.6 is 0 Å². The van der Waals surface area contributed by atoms with E-state index in [1.165, 1.54) is 52.2 Å². The lowest BCUT2D eigenvalue weighted by Crippen LogP contribution is -2.56. The minimum atomic E-state index is -1.18. The molecule has 0 heterocycles. The summed E-state index contributed by atoms with van der Waals surface area (Å²) in [4.78, 5) is 151. The SMILES string of the molecule is CCC(C)N(CC(N)=O)C(=O)CN(CC(C)O)C(=O)CN(CC(C)O)C(=O)CN(C(=O)CN(C(=O)CN(CC(C)O)C(=O)CN(CC(C)O)C(=O)CN(C(=O)CN(C(=O)CN(C)CC(C)O)C(C)CC)C(C)CC)C(C)CC)C(C)CC. The average molecular weight is 1170 g/mol. The van der Waals surface area contributed by atoms with E-state index in [1.54, 1.807) is 74.3 Å².